The third-order valence-electron chi connectivity index (χ3n) is 8.84. The smallest absolute Gasteiger partial charge is 0.431 e. The second kappa shape index (κ2) is 8.84. The van der Waals surface area contributed by atoms with Gasteiger partial charge < -0.3 is 9.47 Å². The van der Waals surface area contributed by atoms with Crippen molar-refractivity contribution in [2.45, 2.75) is 77.7 Å². The summed E-state index contributed by atoms with van der Waals surface area (Å²) in [7, 11) is 0. The Hall–Kier alpha value is -2.66. The lowest BCUT2D eigenvalue weighted by Gasteiger charge is -2.40. The van der Waals surface area contributed by atoms with E-state index < -0.39 is 0 Å². The van der Waals surface area contributed by atoms with Crippen molar-refractivity contribution in [3.63, 3.8) is 0 Å². The molecule has 3 fully saturated rings. The predicted octanol–water partition coefficient (Wildman–Crippen LogP) is 6.75. The summed E-state index contributed by atoms with van der Waals surface area (Å²) in [5.74, 6) is 0.618. The summed E-state index contributed by atoms with van der Waals surface area (Å²) in [4.78, 5) is 13.0. The molecule has 180 valence electrons. The minimum Gasteiger partial charge on any atom is -0.442 e. The van der Waals surface area contributed by atoms with Crippen molar-refractivity contribution in [3.05, 3.63) is 71.8 Å². The average molecular weight is 461 g/mol. The Morgan fingerprint density at radius 2 is 1.82 bits per heavy atom. The molecule has 2 bridgehead atoms. The number of ether oxygens (including phenoxy) is 2. The van der Waals surface area contributed by atoms with Crippen molar-refractivity contribution in [1.29, 1.82) is 0 Å². The lowest BCUT2D eigenvalue weighted by Crippen LogP contribution is -2.53. The van der Waals surface area contributed by atoms with Crippen molar-refractivity contribution in [1.82, 2.24) is 5.01 Å². The Bertz CT molecular complexity index is 1050. The molecule has 2 saturated carbocycles. The first-order valence-electron chi connectivity index (χ1n) is 12.6. The molecule has 5 rings (SSSR count). The second-order valence-electron chi connectivity index (χ2n) is 10.7. The molecule has 2 aromatic carbocycles. The van der Waals surface area contributed by atoms with Crippen LogP contribution in [0.4, 0.5) is 4.79 Å². The van der Waals surface area contributed by atoms with E-state index in [9.17, 15) is 4.79 Å². The van der Waals surface area contributed by atoms with Crippen LogP contribution in [0.15, 0.2) is 65.8 Å². The summed E-state index contributed by atoms with van der Waals surface area (Å²) in [6.07, 6.45) is 3.40. The van der Waals surface area contributed by atoms with E-state index in [0.717, 1.165) is 42.5 Å². The van der Waals surface area contributed by atoms with Crippen LogP contribution in [0.1, 0.15) is 70.6 Å². The highest BCUT2D eigenvalue weighted by molar-refractivity contribution is 5.86. The Kier molecular flexibility index (Phi) is 6.01. The molecule has 5 atom stereocenters. The lowest BCUT2D eigenvalue weighted by molar-refractivity contribution is 0.0145. The first-order valence-corrected chi connectivity index (χ1v) is 12.6. The summed E-state index contributed by atoms with van der Waals surface area (Å²) >= 11 is 0. The number of hydrazone groups is 1. The zero-order chi connectivity index (χ0) is 23.9. The van der Waals surface area contributed by atoms with Gasteiger partial charge >= 0.3 is 6.09 Å². The van der Waals surface area contributed by atoms with Crippen LogP contribution in [0.2, 0.25) is 0 Å². The van der Waals surface area contributed by atoms with Gasteiger partial charge in [-0.05, 0) is 55.1 Å². The van der Waals surface area contributed by atoms with Gasteiger partial charge in [-0.3, -0.25) is 0 Å². The zero-order valence-corrected chi connectivity index (χ0v) is 20.7. The molecule has 34 heavy (non-hydrogen) atoms. The number of rotatable bonds is 8. The fourth-order valence-electron chi connectivity index (χ4n) is 6.81. The normalized spacial score (nSPS) is 29.1. The zero-order valence-electron chi connectivity index (χ0n) is 20.7. The molecule has 1 amide bonds. The molecule has 1 saturated heterocycles. The first kappa shape index (κ1) is 23.1. The van der Waals surface area contributed by atoms with Gasteiger partial charge in [-0.1, -0.05) is 81.4 Å². The molecular weight excluding hydrogens is 424 g/mol. The van der Waals surface area contributed by atoms with Crippen molar-refractivity contribution in [2.75, 3.05) is 0 Å². The third-order valence-corrected chi connectivity index (χ3v) is 8.84. The van der Waals surface area contributed by atoms with Gasteiger partial charge in [0.2, 0.25) is 0 Å². The Balaban J connectivity index is 1.46. The summed E-state index contributed by atoms with van der Waals surface area (Å²) in [5.41, 5.74) is 2.85. The molecular formula is C29H36N2O3. The van der Waals surface area contributed by atoms with Crippen LogP contribution in [0.25, 0.3) is 0 Å². The van der Waals surface area contributed by atoms with Gasteiger partial charge in [0.1, 0.15) is 11.6 Å². The van der Waals surface area contributed by atoms with E-state index in [1.807, 2.05) is 31.2 Å². The van der Waals surface area contributed by atoms with E-state index in [1.165, 1.54) is 0 Å². The maximum atomic E-state index is 13.0. The summed E-state index contributed by atoms with van der Waals surface area (Å²) < 4.78 is 12.4. The Morgan fingerprint density at radius 3 is 2.47 bits per heavy atom. The number of carbonyl (C=O) groups excluding carboxylic acids is 1. The van der Waals surface area contributed by atoms with Crippen molar-refractivity contribution >= 4 is 11.8 Å². The molecule has 0 unspecified atom stereocenters. The van der Waals surface area contributed by atoms with E-state index >= 15 is 0 Å². The topological polar surface area (TPSA) is 51.1 Å². The van der Waals surface area contributed by atoms with Crippen LogP contribution in [0.3, 0.4) is 0 Å². The number of carbonyl (C=O) groups is 1. The summed E-state index contributed by atoms with van der Waals surface area (Å²) in [5, 5.41) is 6.76. The first-order chi connectivity index (χ1) is 16.4. The molecule has 1 spiro atoms. The quantitative estimate of drug-likeness (QED) is 0.410. The van der Waals surface area contributed by atoms with E-state index in [0.29, 0.717) is 12.5 Å². The van der Waals surface area contributed by atoms with E-state index in [1.54, 1.807) is 5.01 Å². The summed E-state index contributed by atoms with van der Waals surface area (Å²) in [6.45, 7) is 9.31. The molecule has 1 heterocycles. The Labute approximate surface area is 203 Å². The third kappa shape index (κ3) is 3.56. The Morgan fingerprint density at radius 1 is 1.15 bits per heavy atom. The van der Waals surface area contributed by atoms with Gasteiger partial charge in [0.25, 0.3) is 0 Å². The number of nitrogens with zero attached hydrogens (tertiary/aromatic N) is 2. The predicted molar refractivity (Wildman–Crippen MR) is 133 cm³/mol. The SMILES string of the molecule is CC[C@@H](/C(C)=N/N1C(=O)O[C@H]2C[C@H]3CC[C@@]21C3(C)C)[C@@H](OCc1ccccc1)c1ccccc1. The second-order valence-corrected chi connectivity index (χ2v) is 10.7. The van der Waals surface area contributed by atoms with Gasteiger partial charge in [-0.15, -0.1) is 0 Å². The minimum atomic E-state index is -0.332. The molecule has 3 aliphatic rings. The molecule has 2 aromatic rings. The largest absolute Gasteiger partial charge is 0.442 e. The number of benzene rings is 2. The van der Waals surface area contributed by atoms with E-state index in [-0.39, 0.29) is 35.2 Å². The van der Waals surface area contributed by atoms with Crippen molar-refractivity contribution in [2.24, 2.45) is 22.4 Å². The highest BCUT2D eigenvalue weighted by Crippen LogP contribution is 2.66. The lowest BCUT2D eigenvalue weighted by atomic mass is 9.75. The molecule has 0 aromatic heterocycles. The van der Waals surface area contributed by atoms with Crippen LogP contribution < -0.4 is 0 Å². The fraction of sp³-hybridized carbons (Fsp3) is 0.517. The molecule has 0 N–H and O–H groups in total. The number of fused-ring (bicyclic) bond motifs is 1. The molecule has 5 nitrogen and oxygen atoms in total. The highest BCUT2D eigenvalue weighted by Gasteiger charge is 2.73. The van der Waals surface area contributed by atoms with Crippen LogP contribution in [-0.2, 0) is 16.1 Å². The van der Waals surface area contributed by atoms with Gasteiger partial charge in [-0.25, -0.2) is 4.79 Å². The van der Waals surface area contributed by atoms with E-state index in [4.69, 9.17) is 14.6 Å². The van der Waals surface area contributed by atoms with E-state index in [2.05, 4.69) is 57.2 Å². The molecule has 2 aliphatic carbocycles. The van der Waals surface area contributed by atoms with Gasteiger partial charge in [0.15, 0.2) is 0 Å². The van der Waals surface area contributed by atoms with Gasteiger partial charge in [-0.2, -0.15) is 10.1 Å². The van der Waals surface area contributed by atoms with Crippen LogP contribution in [0, 0.1) is 17.3 Å². The number of hydrogen-bond acceptors (Lipinski definition) is 4. The maximum Gasteiger partial charge on any atom is 0.431 e. The average Bonchev–Trinajstić information content (AvgIpc) is 3.36. The molecule has 5 heteroatoms. The standard InChI is InChI=1S/C29H36N2O3/c1-5-24(26(22-14-10-7-11-15-22)33-19-21-12-8-6-9-13-21)20(2)30-31-27(32)34-25-18-23-16-17-29(25,31)28(23,3)4/h6-15,23-26H,5,16-19H2,1-4H3/b30-20+/t23-,24+,25+,26+,29+/m1/s1. The summed E-state index contributed by atoms with van der Waals surface area (Å²) in [6, 6.07) is 20.6. The minimum absolute atomic E-state index is 0.00203. The van der Waals surface area contributed by atoms with Crippen molar-refractivity contribution < 1.29 is 14.3 Å². The monoisotopic (exact) mass is 460 g/mol. The van der Waals surface area contributed by atoms with Gasteiger partial charge in [0.05, 0.1) is 12.7 Å². The van der Waals surface area contributed by atoms with Crippen LogP contribution in [-0.4, -0.2) is 28.5 Å². The maximum absolute atomic E-state index is 13.0. The number of amides is 1. The van der Waals surface area contributed by atoms with Gasteiger partial charge in [0, 0.05) is 11.6 Å². The highest BCUT2D eigenvalue weighted by atomic mass is 16.6. The number of hydrogen-bond donors (Lipinski definition) is 0. The fourth-order valence-corrected chi connectivity index (χ4v) is 6.81. The van der Waals surface area contributed by atoms with Crippen LogP contribution >= 0.6 is 0 Å². The van der Waals surface area contributed by atoms with Crippen molar-refractivity contribution in [3.8, 4) is 0 Å². The molecule has 0 radical (unpaired) electrons. The molecule has 1 aliphatic heterocycles. The van der Waals surface area contributed by atoms with Crippen LogP contribution in [0.5, 0.6) is 0 Å².